The Labute approximate surface area is 156 Å². The van der Waals surface area contributed by atoms with Crippen LogP contribution in [0.25, 0.3) is 0 Å². The molecule has 0 saturated carbocycles. The molecule has 0 bridgehead atoms. The predicted octanol–water partition coefficient (Wildman–Crippen LogP) is 3.12. The van der Waals surface area contributed by atoms with Crippen molar-refractivity contribution in [3.8, 4) is 17.6 Å². The normalized spacial score (nSPS) is 21.9. The van der Waals surface area contributed by atoms with Crippen LogP contribution < -0.4 is 4.74 Å². The Balaban J connectivity index is 2.26. The van der Waals surface area contributed by atoms with Gasteiger partial charge >= 0.3 is 5.25 Å². The van der Waals surface area contributed by atoms with Crippen molar-refractivity contribution < 1.29 is 40.2 Å². The molecule has 3 rings (SSSR count). The Morgan fingerprint density at radius 1 is 1.21 bits per heavy atom. The molecular weight excluding hydrogens is 408 g/mol. The molecule has 2 radical (unpaired) electrons. The minimum absolute atomic E-state index is 0.223. The highest BCUT2D eigenvalue weighted by atomic mass is 32.2. The summed E-state index contributed by atoms with van der Waals surface area (Å²) in [6.07, 6.45) is -3.59. The maximum Gasteiger partial charge on any atom is 0.373 e. The van der Waals surface area contributed by atoms with E-state index in [0.717, 1.165) is 18.2 Å². The van der Waals surface area contributed by atoms with Crippen LogP contribution in [0.4, 0.5) is 22.0 Å². The molecule has 1 atom stereocenters. The third kappa shape index (κ3) is 2.65. The summed E-state index contributed by atoms with van der Waals surface area (Å²) in [4.78, 5) is -1.28. The first kappa shape index (κ1) is 20.1. The number of alkyl halides is 4. The lowest BCUT2D eigenvalue weighted by Crippen LogP contribution is -2.45. The molecule has 1 heterocycles. The fourth-order valence-corrected chi connectivity index (χ4v) is 4.37. The van der Waals surface area contributed by atoms with Crippen LogP contribution in [0.15, 0.2) is 35.2 Å². The summed E-state index contributed by atoms with van der Waals surface area (Å²) in [5.41, 5.74) is -6.99. The summed E-state index contributed by atoms with van der Waals surface area (Å²) < 4.78 is 98.0. The lowest BCUT2D eigenvalue weighted by Gasteiger charge is -2.27. The summed E-state index contributed by atoms with van der Waals surface area (Å²) in [5.74, 6) is -2.23. The molecule has 1 aliphatic rings. The number of nitrogens with zero attached hydrogens (tertiary/aromatic N) is 1. The Kier molecular flexibility index (Phi) is 4.44. The molecule has 28 heavy (non-hydrogen) atoms. The van der Waals surface area contributed by atoms with Gasteiger partial charge in [-0.05, 0) is 24.3 Å². The van der Waals surface area contributed by atoms with Gasteiger partial charge in [-0.3, -0.25) is 0 Å². The lowest BCUT2D eigenvalue weighted by molar-refractivity contribution is -0.0714. The summed E-state index contributed by atoms with van der Waals surface area (Å²) in [5, 5.41) is 13.8. The van der Waals surface area contributed by atoms with Gasteiger partial charge in [0.05, 0.1) is 22.1 Å². The second-order valence-electron chi connectivity index (χ2n) is 5.83. The number of benzene rings is 2. The Morgan fingerprint density at radius 2 is 1.86 bits per heavy atom. The number of nitriles is 1. The van der Waals surface area contributed by atoms with Crippen molar-refractivity contribution >= 4 is 17.7 Å². The van der Waals surface area contributed by atoms with Crippen molar-refractivity contribution in [3.63, 3.8) is 0 Å². The number of hydrogen-bond donors (Lipinski definition) is 1. The molecule has 5 nitrogen and oxygen atoms in total. The molecule has 0 saturated heterocycles. The van der Waals surface area contributed by atoms with Gasteiger partial charge in [-0.15, -0.1) is 0 Å². The van der Waals surface area contributed by atoms with E-state index in [1.165, 1.54) is 0 Å². The molecular formula is C16H7BF5NO4S. The maximum atomic E-state index is 14.1. The molecule has 144 valence electrons. The van der Waals surface area contributed by atoms with Gasteiger partial charge in [0, 0.05) is 11.6 Å². The van der Waals surface area contributed by atoms with Crippen molar-refractivity contribution in [2.75, 3.05) is 0 Å². The first-order valence-corrected chi connectivity index (χ1v) is 8.80. The Bertz CT molecular complexity index is 1130. The fourth-order valence-electron chi connectivity index (χ4n) is 2.80. The minimum Gasteiger partial charge on any atom is -0.457 e. The molecule has 1 aliphatic heterocycles. The number of ether oxygens (including phenoxy) is 1. The third-order valence-electron chi connectivity index (χ3n) is 4.07. The van der Waals surface area contributed by atoms with Crippen LogP contribution in [0, 0.1) is 17.1 Å². The van der Waals surface area contributed by atoms with E-state index in [2.05, 4.69) is 0 Å². The molecule has 0 aromatic heterocycles. The highest BCUT2D eigenvalue weighted by molar-refractivity contribution is 7.93. The van der Waals surface area contributed by atoms with Gasteiger partial charge in [-0.25, -0.2) is 21.6 Å². The third-order valence-corrected chi connectivity index (χ3v) is 5.97. The van der Waals surface area contributed by atoms with Crippen LogP contribution in [-0.2, 0) is 15.3 Å². The number of rotatable bonds is 3. The van der Waals surface area contributed by atoms with Crippen LogP contribution in [0.3, 0.4) is 0 Å². The monoisotopic (exact) mass is 415 g/mol. The standard InChI is InChI=1S/C16H7BF5NO4S/c17-15(24)13-11(28(25,26)16(15,21)22)2-1-10(12(13)14(19)20)27-9-4-7(6-23)3-8(18)5-9/h1-5,14,24H/t15-/m1/s1. The van der Waals surface area contributed by atoms with Gasteiger partial charge in [0.1, 0.15) is 30.7 Å². The molecule has 0 aliphatic carbocycles. The zero-order chi connectivity index (χ0) is 21.1. The predicted molar refractivity (Wildman–Crippen MR) is 84.4 cm³/mol. The van der Waals surface area contributed by atoms with Gasteiger partial charge in [0.2, 0.25) is 9.84 Å². The summed E-state index contributed by atoms with van der Waals surface area (Å²) in [6.45, 7) is 0. The van der Waals surface area contributed by atoms with Crippen molar-refractivity contribution in [2.45, 2.75) is 22.1 Å². The van der Waals surface area contributed by atoms with E-state index < -0.39 is 60.4 Å². The molecule has 12 heteroatoms. The van der Waals surface area contributed by atoms with E-state index >= 15 is 0 Å². The number of fused-ring (bicyclic) bond motifs is 1. The second-order valence-corrected chi connectivity index (χ2v) is 7.79. The van der Waals surface area contributed by atoms with E-state index in [0.29, 0.717) is 12.1 Å². The maximum absolute atomic E-state index is 14.1. The van der Waals surface area contributed by atoms with Crippen molar-refractivity contribution in [3.05, 3.63) is 52.8 Å². The van der Waals surface area contributed by atoms with E-state index in [9.17, 15) is 35.5 Å². The molecule has 2 aromatic carbocycles. The van der Waals surface area contributed by atoms with Gasteiger partial charge in [0.25, 0.3) is 6.43 Å². The molecule has 0 fully saturated rings. The zero-order valence-electron chi connectivity index (χ0n) is 13.5. The zero-order valence-corrected chi connectivity index (χ0v) is 14.3. The first-order valence-electron chi connectivity index (χ1n) is 7.32. The quantitative estimate of drug-likeness (QED) is 0.615. The lowest BCUT2D eigenvalue weighted by atomic mass is 9.74. The minimum atomic E-state index is -5.55. The number of halogens is 5. The van der Waals surface area contributed by atoms with Gasteiger partial charge in [-0.2, -0.15) is 14.0 Å². The number of hydrogen-bond acceptors (Lipinski definition) is 5. The summed E-state index contributed by atoms with van der Waals surface area (Å²) in [7, 11) is -0.507. The number of sulfone groups is 1. The largest absolute Gasteiger partial charge is 0.457 e. The molecule has 0 spiro atoms. The topological polar surface area (TPSA) is 87.4 Å². The molecule has 2 aromatic rings. The van der Waals surface area contributed by atoms with E-state index in [4.69, 9.17) is 17.8 Å². The van der Waals surface area contributed by atoms with E-state index in [1.807, 2.05) is 0 Å². The first-order chi connectivity index (χ1) is 12.8. The van der Waals surface area contributed by atoms with Crippen LogP contribution in [0.5, 0.6) is 11.5 Å². The average Bonchev–Trinajstić information content (AvgIpc) is 2.69. The van der Waals surface area contributed by atoms with E-state index in [1.54, 1.807) is 6.07 Å². The Hall–Kier alpha value is -2.65. The van der Waals surface area contributed by atoms with Gasteiger partial charge in [-0.1, -0.05) is 0 Å². The molecule has 0 amide bonds. The second kappa shape index (κ2) is 6.18. The summed E-state index contributed by atoms with van der Waals surface area (Å²) >= 11 is 0. The van der Waals surface area contributed by atoms with Gasteiger partial charge in [0.15, 0.2) is 0 Å². The van der Waals surface area contributed by atoms with Crippen molar-refractivity contribution in [1.82, 2.24) is 0 Å². The highest BCUT2D eigenvalue weighted by Gasteiger charge is 2.68. The fraction of sp³-hybridized carbons (Fsp3) is 0.188. The smallest absolute Gasteiger partial charge is 0.373 e. The van der Waals surface area contributed by atoms with Crippen molar-refractivity contribution in [1.29, 1.82) is 5.26 Å². The average molecular weight is 415 g/mol. The number of aliphatic hydroxyl groups is 1. The van der Waals surface area contributed by atoms with Crippen molar-refractivity contribution in [2.24, 2.45) is 0 Å². The SMILES string of the molecule is [B][C@@]1(O)c2c(ccc(Oc3cc(F)cc(C#N)c3)c2C(F)F)S(=O)(=O)C1(F)F. The van der Waals surface area contributed by atoms with E-state index in [-0.39, 0.29) is 5.56 Å². The Morgan fingerprint density at radius 3 is 2.43 bits per heavy atom. The molecule has 1 N–H and O–H groups in total. The summed E-state index contributed by atoms with van der Waals surface area (Å²) in [6, 6.07) is 5.30. The van der Waals surface area contributed by atoms with Crippen LogP contribution in [0.2, 0.25) is 0 Å². The molecule has 0 unspecified atom stereocenters. The van der Waals surface area contributed by atoms with Crippen LogP contribution in [-0.4, -0.2) is 26.6 Å². The highest BCUT2D eigenvalue weighted by Crippen LogP contribution is 2.55. The van der Waals surface area contributed by atoms with Gasteiger partial charge < -0.3 is 9.84 Å². The van der Waals surface area contributed by atoms with Crippen LogP contribution in [0.1, 0.15) is 23.1 Å². The van der Waals surface area contributed by atoms with Crippen LogP contribution >= 0.6 is 0 Å².